The van der Waals surface area contributed by atoms with E-state index in [2.05, 4.69) is 21.7 Å². The number of esters is 3. The number of rotatable bonds is 9. The van der Waals surface area contributed by atoms with Crippen molar-refractivity contribution in [2.24, 2.45) is 0 Å². The molecular weight excluding hydrogens is 326 g/mol. The minimum absolute atomic E-state index is 0.0794. The van der Waals surface area contributed by atoms with E-state index in [0.717, 1.165) is 25.3 Å². The van der Waals surface area contributed by atoms with Gasteiger partial charge in [0, 0.05) is 5.69 Å². The van der Waals surface area contributed by atoms with Gasteiger partial charge in [0.1, 0.15) is 5.70 Å². The minimum Gasteiger partial charge on any atom is -0.466 e. The van der Waals surface area contributed by atoms with E-state index in [1.54, 1.807) is 24.3 Å². The highest BCUT2D eigenvalue weighted by Crippen LogP contribution is 2.14. The van der Waals surface area contributed by atoms with Crippen LogP contribution in [-0.2, 0) is 23.8 Å². The Kier molecular flexibility index (Phi) is 8.78. The summed E-state index contributed by atoms with van der Waals surface area (Å²) >= 11 is 0. The first-order valence-corrected chi connectivity index (χ1v) is 7.94. The molecular formula is C18H23NO6. The number of unbranched alkanes of at least 4 members (excludes halogenated alkanes) is 2. The molecule has 0 heterocycles. The second-order valence-corrected chi connectivity index (χ2v) is 5.12. The van der Waals surface area contributed by atoms with Crippen LogP contribution in [0.3, 0.4) is 0 Å². The molecule has 136 valence electrons. The van der Waals surface area contributed by atoms with E-state index in [0.29, 0.717) is 17.9 Å². The Morgan fingerprint density at radius 3 is 2.28 bits per heavy atom. The number of benzene rings is 1. The lowest BCUT2D eigenvalue weighted by Crippen LogP contribution is -2.15. The van der Waals surface area contributed by atoms with Gasteiger partial charge in [0.25, 0.3) is 0 Å². The number of carbonyl (C=O) groups is 3. The van der Waals surface area contributed by atoms with Gasteiger partial charge in [-0.05, 0) is 30.7 Å². The molecule has 0 spiro atoms. The van der Waals surface area contributed by atoms with Crippen molar-refractivity contribution >= 4 is 23.6 Å². The van der Waals surface area contributed by atoms with Crippen LogP contribution in [0.2, 0.25) is 0 Å². The molecule has 0 saturated carbocycles. The smallest absolute Gasteiger partial charge is 0.354 e. The van der Waals surface area contributed by atoms with Gasteiger partial charge < -0.3 is 19.5 Å². The normalized spacial score (nSPS) is 10.8. The van der Waals surface area contributed by atoms with Crippen LogP contribution in [-0.4, -0.2) is 38.7 Å². The predicted molar refractivity (Wildman–Crippen MR) is 92.0 cm³/mol. The van der Waals surface area contributed by atoms with Gasteiger partial charge >= 0.3 is 17.9 Å². The van der Waals surface area contributed by atoms with Crippen LogP contribution in [0.25, 0.3) is 0 Å². The lowest BCUT2D eigenvalue weighted by atomic mass is 10.2. The molecule has 7 nitrogen and oxygen atoms in total. The summed E-state index contributed by atoms with van der Waals surface area (Å²) in [5.41, 5.74) is 0.825. The maximum atomic E-state index is 11.9. The standard InChI is InChI=1S/C18H23NO6/c1-4-5-6-11-25-17(21)13-7-9-14(10-8-13)19-15(18(22)24-3)12-16(20)23-2/h7-10,12,19H,4-6,11H2,1-3H3/b15-12+. The predicted octanol–water partition coefficient (Wildman–Crippen LogP) is 2.68. The topological polar surface area (TPSA) is 90.9 Å². The molecule has 1 aromatic carbocycles. The van der Waals surface area contributed by atoms with E-state index in [-0.39, 0.29) is 5.70 Å². The van der Waals surface area contributed by atoms with E-state index in [1.165, 1.54) is 14.2 Å². The number of nitrogens with one attached hydrogen (secondary N) is 1. The first-order valence-electron chi connectivity index (χ1n) is 7.94. The Bertz CT molecular complexity index is 621. The third-order valence-corrected chi connectivity index (χ3v) is 3.25. The first-order chi connectivity index (χ1) is 12.0. The fourth-order valence-electron chi connectivity index (χ4n) is 1.88. The third-order valence-electron chi connectivity index (χ3n) is 3.25. The molecule has 0 aliphatic carbocycles. The zero-order valence-corrected chi connectivity index (χ0v) is 14.7. The summed E-state index contributed by atoms with van der Waals surface area (Å²) < 4.78 is 14.3. The highest BCUT2D eigenvalue weighted by Gasteiger charge is 2.13. The van der Waals surface area contributed by atoms with Crippen LogP contribution in [0.5, 0.6) is 0 Å². The van der Waals surface area contributed by atoms with Gasteiger partial charge in [-0.15, -0.1) is 0 Å². The van der Waals surface area contributed by atoms with Gasteiger partial charge in [0.05, 0.1) is 32.5 Å². The van der Waals surface area contributed by atoms with Crippen LogP contribution >= 0.6 is 0 Å². The number of anilines is 1. The highest BCUT2D eigenvalue weighted by molar-refractivity contribution is 5.98. The number of hydrogen-bond acceptors (Lipinski definition) is 7. The Balaban J connectivity index is 2.73. The van der Waals surface area contributed by atoms with E-state index < -0.39 is 17.9 Å². The fourth-order valence-corrected chi connectivity index (χ4v) is 1.88. The fraction of sp³-hybridized carbons (Fsp3) is 0.389. The lowest BCUT2D eigenvalue weighted by molar-refractivity contribution is -0.138. The van der Waals surface area contributed by atoms with Crippen LogP contribution in [0.15, 0.2) is 36.0 Å². The zero-order valence-electron chi connectivity index (χ0n) is 14.7. The van der Waals surface area contributed by atoms with Crippen molar-refractivity contribution in [2.75, 3.05) is 26.1 Å². The Labute approximate surface area is 146 Å². The van der Waals surface area contributed by atoms with Gasteiger partial charge in [-0.25, -0.2) is 14.4 Å². The van der Waals surface area contributed by atoms with Gasteiger partial charge in [-0.1, -0.05) is 19.8 Å². The Hall–Kier alpha value is -2.83. The molecule has 0 aromatic heterocycles. The molecule has 0 atom stereocenters. The second kappa shape index (κ2) is 10.9. The lowest BCUT2D eigenvalue weighted by Gasteiger charge is -2.10. The van der Waals surface area contributed by atoms with Crippen LogP contribution < -0.4 is 5.32 Å². The molecule has 1 aromatic rings. The second-order valence-electron chi connectivity index (χ2n) is 5.12. The molecule has 0 saturated heterocycles. The van der Waals surface area contributed by atoms with E-state index in [9.17, 15) is 14.4 Å². The van der Waals surface area contributed by atoms with Crippen LogP contribution in [0.4, 0.5) is 5.69 Å². The third kappa shape index (κ3) is 7.07. The monoisotopic (exact) mass is 349 g/mol. The quantitative estimate of drug-likeness (QED) is 0.317. The molecule has 0 aliphatic rings. The average molecular weight is 349 g/mol. The molecule has 0 aliphatic heterocycles. The molecule has 0 amide bonds. The van der Waals surface area contributed by atoms with E-state index >= 15 is 0 Å². The van der Waals surface area contributed by atoms with Crippen molar-refractivity contribution in [3.05, 3.63) is 41.6 Å². The highest BCUT2D eigenvalue weighted by atomic mass is 16.5. The maximum Gasteiger partial charge on any atom is 0.354 e. The largest absolute Gasteiger partial charge is 0.466 e. The summed E-state index contributed by atoms with van der Waals surface area (Å²) in [6.45, 7) is 2.46. The van der Waals surface area contributed by atoms with Gasteiger partial charge in [-0.3, -0.25) is 0 Å². The number of methoxy groups -OCH3 is 2. The molecule has 25 heavy (non-hydrogen) atoms. The SMILES string of the molecule is CCCCCOC(=O)c1ccc(N/C(=C/C(=O)OC)C(=O)OC)cc1. The van der Waals surface area contributed by atoms with E-state index in [4.69, 9.17) is 4.74 Å². The molecule has 7 heteroatoms. The molecule has 0 unspecified atom stereocenters. The molecule has 0 fully saturated rings. The first kappa shape index (κ1) is 20.2. The summed E-state index contributed by atoms with van der Waals surface area (Å²) in [6.07, 6.45) is 3.89. The summed E-state index contributed by atoms with van der Waals surface area (Å²) in [6, 6.07) is 6.32. The van der Waals surface area contributed by atoms with Crippen molar-refractivity contribution in [1.82, 2.24) is 0 Å². The summed E-state index contributed by atoms with van der Waals surface area (Å²) in [5.74, 6) is -1.81. The van der Waals surface area contributed by atoms with E-state index in [1.807, 2.05) is 0 Å². The number of carbonyl (C=O) groups excluding carboxylic acids is 3. The maximum absolute atomic E-state index is 11.9. The van der Waals surface area contributed by atoms with Crippen molar-refractivity contribution < 1.29 is 28.6 Å². The van der Waals surface area contributed by atoms with Crippen molar-refractivity contribution in [2.45, 2.75) is 26.2 Å². The number of ether oxygens (including phenoxy) is 3. The summed E-state index contributed by atoms with van der Waals surface area (Å²) in [4.78, 5) is 34.9. The van der Waals surface area contributed by atoms with Gasteiger partial charge in [-0.2, -0.15) is 0 Å². The van der Waals surface area contributed by atoms with Crippen molar-refractivity contribution in [3.8, 4) is 0 Å². The zero-order chi connectivity index (χ0) is 18.7. The molecule has 0 bridgehead atoms. The van der Waals surface area contributed by atoms with Gasteiger partial charge in [0.15, 0.2) is 0 Å². The summed E-state index contributed by atoms with van der Waals surface area (Å²) in [7, 11) is 2.40. The van der Waals surface area contributed by atoms with Gasteiger partial charge in [0.2, 0.25) is 0 Å². The molecule has 0 radical (unpaired) electrons. The minimum atomic E-state index is -0.718. The summed E-state index contributed by atoms with van der Waals surface area (Å²) in [5, 5.41) is 2.75. The van der Waals surface area contributed by atoms with Crippen LogP contribution in [0, 0.1) is 0 Å². The Morgan fingerprint density at radius 1 is 1.04 bits per heavy atom. The van der Waals surface area contributed by atoms with Crippen molar-refractivity contribution in [3.63, 3.8) is 0 Å². The molecule has 1 N–H and O–H groups in total. The van der Waals surface area contributed by atoms with Crippen molar-refractivity contribution in [1.29, 1.82) is 0 Å². The average Bonchev–Trinajstić information content (AvgIpc) is 2.64. The number of hydrogen-bond donors (Lipinski definition) is 1. The molecule has 1 rings (SSSR count). The van der Waals surface area contributed by atoms with Crippen LogP contribution in [0.1, 0.15) is 36.5 Å². The Morgan fingerprint density at radius 2 is 1.72 bits per heavy atom.